The molecule has 0 spiro atoms. The quantitative estimate of drug-likeness (QED) is 0.865. The zero-order chi connectivity index (χ0) is 17.3. The fourth-order valence-electron chi connectivity index (χ4n) is 2.29. The molecule has 1 aliphatic rings. The van der Waals surface area contributed by atoms with Gasteiger partial charge in [-0.15, -0.1) is 0 Å². The number of amides is 1. The number of hydrogen-bond acceptors (Lipinski definition) is 5. The largest absolute Gasteiger partial charge is 0.441 e. The van der Waals surface area contributed by atoms with Crippen LogP contribution in [0.2, 0.25) is 0 Å². The van der Waals surface area contributed by atoms with Crippen LogP contribution >= 0.6 is 0 Å². The van der Waals surface area contributed by atoms with Crippen LogP contribution in [0.15, 0.2) is 34.7 Å². The third-order valence-electron chi connectivity index (χ3n) is 4.08. The van der Waals surface area contributed by atoms with E-state index in [4.69, 9.17) is 4.42 Å². The van der Waals surface area contributed by atoms with Crippen LogP contribution in [0.5, 0.6) is 0 Å². The predicted octanol–water partition coefficient (Wildman–Crippen LogP) is 2.23. The van der Waals surface area contributed by atoms with Crippen molar-refractivity contribution in [1.82, 2.24) is 10.3 Å². The molecule has 0 saturated heterocycles. The molecule has 0 aliphatic heterocycles. The summed E-state index contributed by atoms with van der Waals surface area (Å²) in [5.41, 5.74) is 1.13. The van der Waals surface area contributed by atoms with E-state index in [-0.39, 0.29) is 11.8 Å². The van der Waals surface area contributed by atoms with Crippen molar-refractivity contribution in [3.8, 4) is 11.5 Å². The van der Waals surface area contributed by atoms with Crippen LogP contribution in [0.4, 0.5) is 0 Å². The highest BCUT2D eigenvalue weighted by molar-refractivity contribution is 7.92. The summed E-state index contributed by atoms with van der Waals surface area (Å²) in [6, 6.07) is 9.41. The number of rotatable bonds is 6. The second-order valence-corrected chi connectivity index (χ2v) is 8.44. The van der Waals surface area contributed by atoms with Crippen molar-refractivity contribution in [3.63, 3.8) is 0 Å². The molecule has 7 heteroatoms. The molecule has 0 bridgehead atoms. The predicted molar refractivity (Wildman–Crippen MR) is 89.9 cm³/mol. The fraction of sp³-hybridized carbons (Fsp3) is 0.412. The number of aromatic nitrogens is 1. The van der Waals surface area contributed by atoms with E-state index in [1.165, 1.54) is 6.92 Å². The molecule has 1 fully saturated rings. The lowest BCUT2D eigenvalue weighted by molar-refractivity contribution is -0.120. The lowest BCUT2D eigenvalue weighted by Crippen LogP contribution is -2.39. The smallest absolute Gasteiger partial charge is 0.238 e. The lowest BCUT2D eigenvalue weighted by Gasteiger charge is -2.12. The van der Waals surface area contributed by atoms with Gasteiger partial charge in [0.15, 0.2) is 9.84 Å². The van der Waals surface area contributed by atoms with Gasteiger partial charge in [0.25, 0.3) is 0 Å². The van der Waals surface area contributed by atoms with Crippen LogP contribution in [-0.4, -0.2) is 30.6 Å². The highest BCUT2D eigenvalue weighted by Gasteiger charge is 2.33. The van der Waals surface area contributed by atoms with Crippen molar-refractivity contribution in [1.29, 1.82) is 0 Å². The Balaban J connectivity index is 1.77. The Hall–Kier alpha value is -2.15. The van der Waals surface area contributed by atoms with E-state index in [0.717, 1.165) is 18.4 Å². The van der Waals surface area contributed by atoms with Crippen LogP contribution in [0.3, 0.4) is 0 Å². The van der Waals surface area contributed by atoms with Crippen LogP contribution < -0.4 is 5.32 Å². The summed E-state index contributed by atoms with van der Waals surface area (Å²) in [5, 5.41) is 1.63. The average Bonchev–Trinajstić information content (AvgIpc) is 3.30. The van der Waals surface area contributed by atoms with Crippen molar-refractivity contribution in [2.24, 2.45) is 0 Å². The fourth-order valence-corrected chi connectivity index (χ4v) is 3.58. The molecular formula is C17H20N2O4S. The van der Waals surface area contributed by atoms with Gasteiger partial charge in [-0.1, -0.05) is 18.2 Å². The normalized spacial score (nSPS) is 15.9. The molecule has 3 rings (SSSR count). The first-order chi connectivity index (χ1) is 11.4. The molecule has 24 heavy (non-hydrogen) atoms. The summed E-state index contributed by atoms with van der Waals surface area (Å²) in [7, 11) is -3.66. The van der Waals surface area contributed by atoms with Crippen molar-refractivity contribution in [2.45, 2.75) is 43.7 Å². The first kappa shape index (κ1) is 16.7. The maximum atomic E-state index is 12.5. The van der Waals surface area contributed by atoms with Crippen molar-refractivity contribution in [3.05, 3.63) is 41.8 Å². The summed E-state index contributed by atoms with van der Waals surface area (Å²) in [6.45, 7) is 3.10. The Morgan fingerprint density at radius 1 is 1.33 bits per heavy atom. The maximum Gasteiger partial charge on any atom is 0.238 e. The van der Waals surface area contributed by atoms with Gasteiger partial charge >= 0.3 is 0 Å². The van der Waals surface area contributed by atoms with Gasteiger partial charge in [-0.05, 0) is 38.8 Å². The van der Waals surface area contributed by atoms with Gasteiger partial charge in [0.05, 0.1) is 11.4 Å². The number of nitrogens with one attached hydrogen (secondary N) is 1. The molecule has 1 N–H and O–H groups in total. The van der Waals surface area contributed by atoms with Gasteiger partial charge in [-0.3, -0.25) is 4.79 Å². The monoisotopic (exact) mass is 348 g/mol. The Morgan fingerprint density at radius 2 is 2.00 bits per heavy atom. The zero-order valence-corrected chi connectivity index (χ0v) is 14.5. The van der Waals surface area contributed by atoms with E-state index in [1.54, 1.807) is 6.92 Å². The number of oxazole rings is 1. The van der Waals surface area contributed by atoms with E-state index in [1.807, 2.05) is 30.3 Å². The second kappa shape index (κ2) is 6.39. The van der Waals surface area contributed by atoms with Crippen molar-refractivity contribution < 1.29 is 17.6 Å². The first-order valence-corrected chi connectivity index (χ1v) is 9.62. The second-order valence-electron chi connectivity index (χ2n) is 6.12. The van der Waals surface area contributed by atoms with Gasteiger partial charge in [0, 0.05) is 11.6 Å². The number of sulfone groups is 1. The molecular weight excluding hydrogens is 328 g/mol. The molecule has 2 aromatic rings. The minimum Gasteiger partial charge on any atom is -0.441 e. The number of hydrogen-bond donors (Lipinski definition) is 1. The highest BCUT2D eigenvalue weighted by Crippen LogP contribution is 2.24. The van der Waals surface area contributed by atoms with Crippen molar-refractivity contribution >= 4 is 15.7 Å². The average molecular weight is 348 g/mol. The third kappa shape index (κ3) is 3.67. The van der Waals surface area contributed by atoms with Crippen LogP contribution in [0, 0.1) is 6.92 Å². The first-order valence-electron chi connectivity index (χ1n) is 7.90. The van der Waals surface area contributed by atoms with Gasteiger partial charge in [0.1, 0.15) is 11.0 Å². The molecule has 0 radical (unpaired) electrons. The van der Waals surface area contributed by atoms with Crippen molar-refractivity contribution in [2.75, 3.05) is 0 Å². The summed E-state index contributed by atoms with van der Waals surface area (Å²) in [6.07, 6.45) is 1.84. The minimum atomic E-state index is -3.66. The van der Waals surface area contributed by atoms with Crippen LogP contribution in [0.1, 0.15) is 31.2 Å². The van der Waals surface area contributed by atoms with E-state index in [0.29, 0.717) is 17.3 Å². The van der Waals surface area contributed by atoms with E-state index in [9.17, 15) is 13.2 Å². The van der Waals surface area contributed by atoms with E-state index in [2.05, 4.69) is 10.3 Å². The zero-order valence-electron chi connectivity index (χ0n) is 13.7. The number of carbonyl (C=O) groups excluding carboxylic acids is 1. The summed E-state index contributed by atoms with van der Waals surface area (Å²) in [5.74, 6) is 0.0802. The Kier molecular flexibility index (Phi) is 4.45. The Morgan fingerprint density at radius 3 is 2.62 bits per heavy atom. The topological polar surface area (TPSA) is 89.3 Å². The molecule has 1 amide bonds. The molecule has 0 unspecified atom stereocenters. The number of aryl methyl sites for hydroxylation is 1. The SMILES string of the molecule is Cc1oc(-c2ccccc2)nc1CS(=O)(=O)[C@H](C)C(=O)NC1CC1. The number of benzene rings is 1. The van der Waals surface area contributed by atoms with Crippen LogP contribution in [-0.2, 0) is 20.4 Å². The van der Waals surface area contributed by atoms with Gasteiger partial charge in [-0.25, -0.2) is 13.4 Å². The van der Waals surface area contributed by atoms with Crippen LogP contribution in [0.25, 0.3) is 11.5 Å². The highest BCUT2D eigenvalue weighted by atomic mass is 32.2. The Bertz CT molecular complexity index is 839. The molecule has 1 atom stereocenters. The van der Waals surface area contributed by atoms with Gasteiger partial charge < -0.3 is 9.73 Å². The van der Waals surface area contributed by atoms with E-state index >= 15 is 0 Å². The minimum absolute atomic E-state index is 0.133. The summed E-state index contributed by atoms with van der Waals surface area (Å²) in [4.78, 5) is 16.3. The molecule has 1 aliphatic carbocycles. The molecule has 1 aromatic heterocycles. The number of nitrogens with zero attached hydrogens (tertiary/aromatic N) is 1. The summed E-state index contributed by atoms with van der Waals surface area (Å²) >= 11 is 0. The molecule has 128 valence electrons. The molecule has 1 heterocycles. The summed E-state index contributed by atoms with van der Waals surface area (Å²) < 4.78 is 30.6. The molecule has 1 saturated carbocycles. The standard InChI is InChI=1S/C17H20N2O4S/c1-11-15(19-17(23-11)13-6-4-3-5-7-13)10-24(21,22)12(2)16(20)18-14-8-9-14/h3-7,12,14H,8-10H2,1-2H3,(H,18,20)/t12-/m1/s1. The molecule has 1 aromatic carbocycles. The maximum absolute atomic E-state index is 12.5. The van der Waals surface area contributed by atoms with Gasteiger partial charge in [0.2, 0.25) is 11.8 Å². The van der Waals surface area contributed by atoms with Gasteiger partial charge in [-0.2, -0.15) is 0 Å². The Labute approximate surface area is 141 Å². The third-order valence-corrected chi connectivity index (χ3v) is 6.05. The van der Waals surface area contributed by atoms with E-state index < -0.39 is 21.0 Å². The number of carbonyl (C=O) groups is 1. The lowest BCUT2D eigenvalue weighted by atomic mass is 10.2. The molecule has 6 nitrogen and oxygen atoms in total.